The number of aromatic nitrogens is 4. The largest absolute Gasteiger partial charge is 0.337 e. The summed E-state index contributed by atoms with van der Waals surface area (Å²) in [5.74, 6) is 0.803. The van der Waals surface area contributed by atoms with Gasteiger partial charge in [-0.1, -0.05) is 30.3 Å². The average molecular weight is 328 g/mol. The van der Waals surface area contributed by atoms with E-state index in [1.807, 2.05) is 42.2 Å². The van der Waals surface area contributed by atoms with Gasteiger partial charge in [-0.3, -0.25) is 9.69 Å². The van der Waals surface area contributed by atoms with Gasteiger partial charge in [0.2, 0.25) is 5.91 Å². The molecule has 0 bridgehead atoms. The first-order chi connectivity index (χ1) is 11.8. The highest BCUT2D eigenvalue weighted by molar-refractivity contribution is 5.75. The zero-order valence-corrected chi connectivity index (χ0v) is 14.1. The predicted molar refractivity (Wildman–Crippen MR) is 89.9 cm³/mol. The Hall–Kier alpha value is -2.28. The Kier molecular flexibility index (Phi) is 5.53. The van der Waals surface area contributed by atoms with E-state index in [2.05, 4.69) is 20.4 Å². The smallest absolute Gasteiger partial charge is 0.244 e. The van der Waals surface area contributed by atoms with Crippen LogP contribution in [0, 0.1) is 0 Å². The van der Waals surface area contributed by atoms with Crippen LogP contribution >= 0.6 is 0 Å². The van der Waals surface area contributed by atoms with Crippen molar-refractivity contribution in [3.8, 4) is 0 Å². The molecule has 1 fully saturated rings. The lowest BCUT2D eigenvalue weighted by Gasteiger charge is -2.21. The van der Waals surface area contributed by atoms with Crippen molar-refractivity contribution in [2.45, 2.75) is 39.4 Å². The Morgan fingerprint density at radius 2 is 1.96 bits per heavy atom. The van der Waals surface area contributed by atoms with Crippen LogP contribution in [0.4, 0.5) is 0 Å². The van der Waals surface area contributed by atoms with Crippen molar-refractivity contribution in [2.24, 2.45) is 0 Å². The van der Waals surface area contributed by atoms with Gasteiger partial charge in [0.05, 0.1) is 6.54 Å². The highest BCUT2D eigenvalue weighted by atomic mass is 16.2. The monoisotopic (exact) mass is 328 g/mol. The minimum Gasteiger partial charge on any atom is -0.337 e. The van der Waals surface area contributed by atoms with Gasteiger partial charge in [-0.2, -0.15) is 0 Å². The maximum absolute atomic E-state index is 12.6. The molecular weight excluding hydrogens is 304 g/mol. The molecule has 1 saturated heterocycles. The molecule has 0 spiro atoms. The average Bonchev–Trinajstić information content (AvgIpc) is 3.26. The lowest BCUT2D eigenvalue weighted by Crippen LogP contribution is -2.34. The van der Waals surface area contributed by atoms with Crippen molar-refractivity contribution in [3.63, 3.8) is 0 Å². The summed E-state index contributed by atoms with van der Waals surface area (Å²) in [4.78, 5) is 16.8. The summed E-state index contributed by atoms with van der Waals surface area (Å²) in [7, 11) is 0. The third-order valence-corrected chi connectivity index (χ3v) is 4.41. The van der Waals surface area contributed by atoms with Crippen LogP contribution in [0.15, 0.2) is 30.3 Å². The molecule has 0 saturated carbocycles. The number of tetrazole rings is 1. The first-order valence-corrected chi connectivity index (χ1v) is 8.55. The van der Waals surface area contributed by atoms with Crippen LogP contribution in [0.5, 0.6) is 0 Å². The number of carbonyl (C=O) groups is 1. The number of amides is 1. The minimum absolute atomic E-state index is 0.0383. The zero-order chi connectivity index (χ0) is 16.8. The normalized spacial score (nSPS) is 14.9. The zero-order valence-electron chi connectivity index (χ0n) is 14.1. The second-order valence-electron chi connectivity index (χ2n) is 6.13. The predicted octanol–water partition coefficient (Wildman–Crippen LogP) is 1.32. The number of rotatable bonds is 7. The second-order valence-corrected chi connectivity index (χ2v) is 6.13. The molecule has 0 aliphatic carbocycles. The summed E-state index contributed by atoms with van der Waals surface area (Å²) in [5, 5.41) is 11.8. The summed E-state index contributed by atoms with van der Waals surface area (Å²) < 4.78 is 1.63. The fourth-order valence-corrected chi connectivity index (χ4v) is 3.01. The van der Waals surface area contributed by atoms with Crippen molar-refractivity contribution in [1.82, 2.24) is 30.0 Å². The molecule has 0 radical (unpaired) electrons. The fourth-order valence-electron chi connectivity index (χ4n) is 3.01. The molecule has 1 aliphatic rings. The standard InChI is InChI=1S/C17H24N6O/c1-2-22(12-15-8-4-3-5-9-15)17(24)14-23-16(18-19-20-23)13-21-10-6-7-11-21/h3-5,8-9H,2,6-7,10-14H2,1H3. The van der Waals surface area contributed by atoms with Crippen molar-refractivity contribution in [1.29, 1.82) is 0 Å². The first-order valence-electron chi connectivity index (χ1n) is 8.55. The third-order valence-electron chi connectivity index (χ3n) is 4.41. The van der Waals surface area contributed by atoms with Gasteiger partial charge < -0.3 is 4.90 Å². The number of carbonyl (C=O) groups excluding carboxylic acids is 1. The Bertz CT molecular complexity index is 650. The molecule has 1 aromatic heterocycles. The number of likely N-dealkylation sites (N-methyl/N-ethyl adjacent to an activating group) is 1. The summed E-state index contributed by atoms with van der Waals surface area (Å²) in [5.41, 5.74) is 1.13. The molecule has 3 rings (SSSR count). The molecule has 2 aromatic rings. The van der Waals surface area contributed by atoms with Crippen LogP contribution in [0.25, 0.3) is 0 Å². The molecule has 0 unspecified atom stereocenters. The van der Waals surface area contributed by atoms with Gasteiger partial charge in [-0.15, -0.1) is 5.10 Å². The maximum Gasteiger partial charge on any atom is 0.244 e. The summed E-state index contributed by atoms with van der Waals surface area (Å²) >= 11 is 0. The van der Waals surface area contributed by atoms with E-state index in [9.17, 15) is 4.79 Å². The SMILES string of the molecule is CCN(Cc1ccccc1)C(=O)Cn1nnnc1CN1CCCC1. The topological polar surface area (TPSA) is 67.2 Å². The minimum atomic E-state index is 0.0383. The van der Waals surface area contributed by atoms with Crippen LogP contribution in [0.2, 0.25) is 0 Å². The van der Waals surface area contributed by atoms with Crippen LogP contribution < -0.4 is 0 Å². The molecular formula is C17H24N6O. The van der Waals surface area contributed by atoms with Crippen molar-refractivity contribution >= 4 is 5.91 Å². The van der Waals surface area contributed by atoms with E-state index < -0.39 is 0 Å². The lowest BCUT2D eigenvalue weighted by molar-refractivity contribution is -0.132. The molecule has 128 valence electrons. The summed E-state index contributed by atoms with van der Waals surface area (Å²) in [6.07, 6.45) is 2.45. The van der Waals surface area contributed by atoms with Gasteiger partial charge in [0.15, 0.2) is 5.82 Å². The van der Waals surface area contributed by atoms with Crippen LogP contribution in [-0.2, 0) is 24.4 Å². The second kappa shape index (κ2) is 8.01. The number of likely N-dealkylation sites (tertiary alicyclic amines) is 1. The van der Waals surface area contributed by atoms with Crippen molar-refractivity contribution < 1.29 is 4.79 Å². The van der Waals surface area contributed by atoms with E-state index in [1.54, 1.807) is 4.68 Å². The number of benzene rings is 1. The Morgan fingerprint density at radius 3 is 2.67 bits per heavy atom. The number of hydrogen-bond acceptors (Lipinski definition) is 5. The Balaban J connectivity index is 1.62. The van der Waals surface area contributed by atoms with Crippen molar-refractivity contribution in [3.05, 3.63) is 41.7 Å². The van der Waals surface area contributed by atoms with Crippen LogP contribution in [-0.4, -0.2) is 55.5 Å². The molecule has 7 nitrogen and oxygen atoms in total. The Morgan fingerprint density at radius 1 is 1.21 bits per heavy atom. The van der Waals surface area contributed by atoms with Crippen LogP contribution in [0.3, 0.4) is 0 Å². The van der Waals surface area contributed by atoms with Gasteiger partial charge in [0.25, 0.3) is 0 Å². The van der Waals surface area contributed by atoms with E-state index in [0.717, 1.165) is 24.5 Å². The highest BCUT2D eigenvalue weighted by Gasteiger charge is 2.19. The highest BCUT2D eigenvalue weighted by Crippen LogP contribution is 2.11. The van der Waals surface area contributed by atoms with Gasteiger partial charge in [-0.05, 0) is 48.8 Å². The fraction of sp³-hybridized carbons (Fsp3) is 0.529. The molecule has 1 aliphatic heterocycles. The van der Waals surface area contributed by atoms with Gasteiger partial charge in [0, 0.05) is 13.1 Å². The van der Waals surface area contributed by atoms with Gasteiger partial charge >= 0.3 is 0 Å². The Labute approximate surface area is 142 Å². The number of hydrogen-bond donors (Lipinski definition) is 0. The summed E-state index contributed by atoms with van der Waals surface area (Å²) in [6, 6.07) is 10.0. The van der Waals surface area contributed by atoms with Crippen LogP contribution in [0.1, 0.15) is 31.2 Å². The lowest BCUT2D eigenvalue weighted by atomic mass is 10.2. The van der Waals surface area contributed by atoms with E-state index in [0.29, 0.717) is 19.6 Å². The number of nitrogens with zero attached hydrogens (tertiary/aromatic N) is 6. The molecule has 0 N–H and O–H groups in total. The van der Waals surface area contributed by atoms with Gasteiger partial charge in [-0.25, -0.2) is 4.68 Å². The third kappa shape index (κ3) is 4.17. The van der Waals surface area contributed by atoms with Gasteiger partial charge in [0.1, 0.15) is 6.54 Å². The summed E-state index contributed by atoms with van der Waals surface area (Å²) in [6.45, 7) is 6.33. The molecule has 7 heteroatoms. The molecule has 1 aromatic carbocycles. The van der Waals surface area contributed by atoms with E-state index in [4.69, 9.17) is 0 Å². The maximum atomic E-state index is 12.6. The molecule has 24 heavy (non-hydrogen) atoms. The molecule has 1 amide bonds. The quantitative estimate of drug-likeness (QED) is 0.767. The van der Waals surface area contributed by atoms with E-state index >= 15 is 0 Å². The van der Waals surface area contributed by atoms with Crippen molar-refractivity contribution in [2.75, 3.05) is 19.6 Å². The van der Waals surface area contributed by atoms with E-state index in [1.165, 1.54) is 12.8 Å². The molecule has 0 atom stereocenters. The molecule has 2 heterocycles. The first kappa shape index (κ1) is 16.6. The van der Waals surface area contributed by atoms with E-state index in [-0.39, 0.29) is 12.5 Å².